The number of aliphatic hydroxyl groups is 1. The van der Waals surface area contributed by atoms with Crippen molar-refractivity contribution in [3.05, 3.63) is 77.0 Å². The minimum atomic E-state index is -4.39. The fourth-order valence-corrected chi connectivity index (χ4v) is 3.97. The smallest absolute Gasteiger partial charge is 0.416 e. The lowest BCUT2D eigenvalue weighted by molar-refractivity contribution is -0.137. The van der Waals surface area contributed by atoms with Gasteiger partial charge in [0, 0.05) is 13.3 Å². The molecule has 2 unspecified atom stereocenters. The number of methoxy groups -OCH3 is 2. The summed E-state index contributed by atoms with van der Waals surface area (Å²) in [5.74, 6) is 1.71. The number of alkyl halides is 3. The molecule has 0 aromatic heterocycles. The number of amidine groups is 1. The van der Waals surface area contributed by atoms with Gasteiger partial charge >= 0.3 is 6.18 Å². The number of β-amino-alcohol motifs (C(OH)–C–C–N with tert-alkyl or cyclic N) is 1. The molecule has 0 bridgehead atoms. The maximum Gasteiger partial charge on any atom is 0.416 e. The minimum absolute atomic E-state index is 0.0130. The normalized spacial score (nSPS) is 18.1. The second-order valence-corrected chi connectivity index (χ2v) is 8.59. The standard InChI is InChI=1S/C26H28F3N3O4/c1-16-11-22(34-3)23(12-17(16)2)36-15-21(33)14-32-25(35-4)31-13-19(7-10-24(31)30-32)18-5-8-20(9-6-18)26(27,28)29/h5-13,21,25,33H,14-15H2,1-4H3. The van der Waals surface area contributed by atoms with Gasteiger partial charge in [-0.05, 0) is 72.5 Å². The summed E-state index contributed by atoms with van der Waals surface area (Å²) in [6.07, 6.45) is -0.623. The number of hydrogen-bond donors (Lipinski definition) is 1. The fraction of sp³-hybridized carbons (Fsp3) is 0.346. The molecule has 10 heteroatoms. The number of aryl methyl sites for hydroxylation is 2. The Morgan fingerprint density at radius 2 is 1.69 bits per heavy atom. The van der Waals surface area contributed by atoms with Crippen LogP contribution >= 0.6 is 0 Å². The summed E-state index contributed by atoms with van der Waals surface area (Å²) in [6.45, 7) is 4.09. The van der Waals surface area contributed by atoms with Crippen molar-refractivity contribution in [1.29, 1.82) is 0 Å². The number of nitrogens with zero attached hydrogens (tertiary/aromatic N) is 3. The molecule has 0 spiro atoms. The molecule has 2 aromatic carbocycles. The maximum absolute atomic E-state index is 12.9. The lowest BCUT2D eigenvalue weighted by atomic mass is 10.0. The SMILES string of the molecule is COc1cc(C)c(C)cc1OCC(O)CN1N=C2C=CC(c3ccc(C(F)(F)F)cc3)=CN2C1OC. The minimum Gasteiger partial charge on any atom is -0.493 e. The molecule has 2 heterocycles. The quantitative estimate of drug-likeness (QED) is 0.571. The van der Waals surface area contributed by atoms with Gasteiger partial charge in [0.1, 0.15) is 12.7 Å². The Morgan fingerprint density at radius 3 is 2.31 bits per heavy atom. The van der Waals surface area contributed by atoms with E-state index in [0.717, 1.165) is 23.3 Å². The molecule has 0 radical (unpaired) electrons. The predicted molar refractivity (Wildman–Crippen MR) is 129 cm³/mol. The van der Waals surface area contributed by atoms with Crippen molar-refractivity contribution in [3.8, 4) is 11.5 Å². The Labute approximate surface area is 207 Å². The molecule has 7 nitrogen and oxygen atoms in total. The van der Waals surface area contributed by atoms with E-state index >= 15 is 0 Å². The number of allylic oxidation sites excluding steroid dienone is 2. The third-order valence-electron chi connectivity index (χ3n) is 6.04. The average molecular weight is 504 g/mol. The van der Waals surface area contributed by atoms with Gasteiger partial charge in [-0.1, -0.05) is 12.1 Å². The van der Waals surface area contributed by atoms with Crippen LogP contribution in [0.15, 0.2) is 59.9 Å². The third-order valence-corrected chi connectivity index (χ3v) is 6.04. The molecule has 192 valence electrons. The van der Waals surface area contributed by atoms with Crippen molar-refractivity contribution in [1.82, 2.24) is 9.91 Å². The summed E-state index contributed by atoms with van der Waals surface area (Å²) in [5, 5.41) is 16.8. The van der Waals surface area contributed by atoms with Crippen LogP contribution in [0.25, 0.3) is 5.57 Å². The van der Waals surface area contributed by atoms with Crippen LogP contribution in [-0.2, 0) is 10.9 Å². The van der Waals surface area contributed by atoms with Gasteiger partial charge in [0.2, 0.25) is 6.35 Å². The van der Waals surface area contributed by atoms with E-state index in [4.69, 9.17) is 14.2 Å². The van der Waals surface area contributed by atoms with Crippen LogP contribution in [0.2, 0.25) is 0 Å². The molecule has 2 atom stereocenters. The van der Waals surface area contributed by atoms with Crippen molar-refractivity contribution >= 4 is 11.4 Å². The molecule has 1 N–H and O–H groups in total. The van der Waals surface area contributed by atoms with Crippen LogP contribution in [0.4, 0.5) is 13.2 Å². The summed E-state index contributed by atoms with van der Waals surface area (Å²) in [6, 6.07) is 8.72. The Morgan fingerprint density at radius 1 is 1.03 bits per heavy atom. The van der Waals surface area contributed by atoms with Crippen molar-refractivity contribution in [2.75, 3.05) is 27.4 Å². The highest BCUT2D eigenvalue weighted by Crippen LogP contribution is 2.33. The number of hydrogen-bond acceptors (Lipinski definition) is 7. The molecule has 0 saturated carbocycles. The second kappa shape index (κ2) is 10.2. The predicted octanol–water partition coefficient (Wildman–Crippen LogP) is 4.54. The first kappa shape index (κ1) is 25.6. The highest BCUT2D eigenvalue weighted by molar-refractivity contribution is 6.00. The molecule has 2 aliphatic heterocycles. The van der Waals surface area contributed by atoms with Gasteiger partial charge in [-0.15, -0.1) is 0 Å². The van der Waals surface area contributed by atoms with Gasteiger partial charge < -0.3 is 19.3 Å². The van der Waals surface area contributed by atoms with E-state index in [2.05, 4.69) is 5.10 Å². The van der Waals surface area contributed by atoms with E-state index in [1.54, 1.807) is 35.4 Å². The number of halogens is 3. The average Bonchev–Trinajstić information content (AvgIpc) is 3.19. The highest BCUT2D eigenvalue weighted by atomic mass is 19.4. The summed E-state index contributed by atoms with van der Waals surface area (Å²) >= 11 is 0. The van der Waals surface area contributed by atoms with E-state index in [-0.39, 0.29) is 13.2 Å². The van der Waals surface area contributed by atoms with Crippen LogP contribution in [0.5, 0.6) is 11.5 Å². The van der Waals surface area contributed by atoms with Gasteiger partial charge in [-0.2, -0.15) is 18.3 Å². The molecule has 0 saturated heterocycles. The maximum atomic E-state index is 12.9. The van der Waals surface area contributed by atoms with Gasteiger partial charge in [0.15, 0.2) is 17.3 Å². The topological polar surface area (TPSA) is 66.8 Å². The van der Waals surface area contributed by atoms with Crippen LogP contribution in [-0.4, -0.2) is 60.7 Å². The summed E-state index contributed by atoms with van der Waals surface area (Å²) in [4.78, 5) is 1.76. The van der Waals surface area contributed by atoms with Crippen LogP contribution in [0.1, 0.15) is 22.3 Å². The van der Waals surface area contributed by atoms with Crippen molar-refractivity contribution in [2.24, 2.45) is 5.10 Å². The molecule has 2 aliphatic rings. The van der Waals surface area contributed by atoms with Crippen LogP contribution < -0.4 is 9.47 Å². The Hall–Kier alpha value is -3.50. The lowest BCUT2D eigenvalue weighted by Crippen LogP contribution is -2.44. The molecule has 4 rings (SSSR count). The molecule has 2 aromatic rings. The van der Waals surface area contributed by atoms with Crippen LogP contribution in [0, 0.1) is 13.8 Å². The van der Waals surface area contributed by atoms with Crippen LogP contribution in [0.3, 0.4) is 0 Å². The molecular weight excluding hydrogens is 475 g/mol. The van der Waals surface area contributed by atoms with Gasteiger partial charge in [0.05, 0.1) is 19.2 Å². The number of ether oxygens (including phenoxy) is 3. The molecule has 0 amide bonds. The Balaban J connectivity index is 1.43. The molecular formula is C26H28F3N3O4. The van der Waals surface area contributed by atoms with Crippen molar-refractivity contribution < 1.29 is 32.5 Å². The fourth-order valence-electron chi connectivity index (χ4n) is 3.97. The summed E-state index contributed by atoms with van der Waals surface area (Å²) < 4.78 is 55.5. The Kier molecular flexibility index (Phi) is 7.28. The number of fused-ring (bicyclic) bond motifs is 1. The lowest BCUT2D eigenvalue weighted by Gasteiger charge is -2.30. The van der Waals surface area contributed by atoms with Gasteiger partial charge in [-0.3, -0.25) is 4.90 Å². The first-order valence-electron chi connectivity index (χ1n) is 11.3. The first-order chi connectivity index (χ1) is 17.1. The number of aliphatic hydroxyl groups excluding tert-OH is 1. The molecule has 36 heavy (non-hydrogen) atoms. The summed E-state index contributed by atoms with van der Waals surface area (Å²) in [7, 11) is 3.08. The zero-order valence-electron chi connectivity index (χ0n) is 20.4. The number of hydrazone groups is 1. The number of benzene rings is 2. The molecule has 0 aliphatic carbocycles. The monoisotopic (exact) mass is 503 g/mol. The van der Waals surface area contributed by atoms with E-state index in [0.29, 0.717) is 28.5 Å². The van der Waals surface area contributed by atoms with E-state index in [1.807, 2.05) is 26.0 Å². The van der Waals surface area contributed by atoms with E-state index in [1.165, 1.54) is 19.2 Å². The van der Waals surface area contributed by atoms with E-state index in [9.17, 15) is 18.3 Å². The van der Waals surface area contributed by atoms with Crippen molar-refractivity contribution in [2.45, 2.75) is 32.5 Å². The number of rotatable bonds is 8. The largest absolute Gasteiger partial charge is 0.493 e. The molecule has 0 fully saturated rings. The zero-order chi connectivity index (χ0) is 26.0. The Bertz CT molecular complexity index is 1190. The van der Waals surface area contributed by atoms with Gasteiger partial charge in [-0.25, -0.2) is 5.01 Å². The zero-order valence-corrected chi connectivity index (χ0v) is 20.4. The second-order valence-electron chi connectivity index (χ2n) is 8.59. The van der Waals surface area contributed by atoms with Gasteiger partial charge in [0.25, 0.3) is 0 Å². The third kappa shape index (κ3) is 5.34. The summed E-state index contributed by atoms with van der Waals surface area (Å²) in [5.41, 5.74) is 2.75. The van der Waals surface area contributed by atoms with Crippen molar-refractivity contribution in [3.63, 3.8) is 0 Å². The van der Waals surface area contributed by atoms with E-state index < -0.39 is 24.2 Å². The highest BCUT2D eigenvalue weighted by Gasteiger charge is 2.35. The first-order valence-corrected chi connectivity index (χ1v) is 11.3.